The van der Waals surface area contributed by atoms with E-state index < -0.39 is 17.2 Å². The lowest BCUT2D eigenvalue weighted by Gasteiger charge is -2.41. The van der Waals surface area contributed by atoms with Gasteiger partial charge in [0.25, 0.3) is 5.91 Å². The van der Waals surface area contributed by atoms with Crippen LogP contribution in [0.1, 0.15) is 127 Å². The first-order valence-electron chi connectivity index (χ1n) is 24.5. The van der Waals surface area contributed by atoms with Crippen LogP contribution >= 0.6 is 0 Å². The molecule has 15 nitrogen and oxygen atoms in total. The molecule has 2 aliphatic rings. The van der Waals surface area contributed by atoms with Crippen molar-refractivity contribution in [2.45, 2.75) is 144 Å². The minimum absolute atomic E-state index is 0.0399. The molecule has 0 aliphatic carbocycles. The SMILES string of the molecule is CC(C)N[C@@H]1CCCN(C(=O)OC(C)(C)C)C1.COc1ccc(C(=O)N(C(C)C)[C@@H]2CCCN(C(=O)OC(C)(C)C)C2)cc1OCc1ccccc1.COc1ccc(C(=O)O)cc1OCc1ccccc1. The van der Waals surface area contributed by atoms with Crippen LogP contribution < -0.4 is 24.3 Å². The Balaban J connectivity index is 0.000000256. The van der Waals surface area contributed by atoms with E-state index in [9.17, 15) is 19.2 Å². The number of nitrogens with one attached hydrogen (secondary N) is 1. The Morgan fingerprint density at radius 2 is 1.08 bits per heavy atom. The average Bonchev–Trinajstić information content (AvgIpc) is 3.32. The third kappa shape index (κ3) is 19.3. The third-order valence-corrected chi connectivity index (χ3v) is 11.2. The molecule has 2 atom stereocenters. The second-order valence-electron chi connectivity index (χ2n) is 20.2. The standard InChI is InChI=1S/C28H38N2O5.C15H14O4.C13H26N2O2/c1-20(2)30(23-13-10-16-29(18-23)27(32)35-28(3,4)5)26(31)22-14-15-24(33-6)25(17-22)34-19-21-11-8-7-9-12-21;1-18-13-8-7-12(15(16)17)9-14(13)19-10-11-5-3-2-4-6-11;1-10(2)14-11-7-6-8-15(9-11)12(16)17-13(3,4)5/h7-9,11-12,14-15,17,20,23H,10,13,16,18-19H2,1-6H3;2-9H,10H2,1H3,(H,16,17);10-11,14H,6-9H2,1-5H3/t23-;;11-/m1.1/s1. The number of piperidine rings is 2. The summed E-state index contributed by atoms with van der Waals surface area (Å²) < 4.78 is 33.2. The van der Waals surface area contributed by atoms with E-state index in [1.807, 2.05) is 126 Å². The van der Waals surface area contributed by atoms with Gasteiger partial charge in [0.15, 0.2) is 23.0 Å². The highest BCUT2D eigenvalue weighted by Crippen LogP contribution is 2.32. The number of carboxylic acids is 1. The summed E-state index contributed by atoms with van der Waals surface area (Å²) in [7, 11) is 3.10. The second-order valence-corrected chi connectivity index (χ2v) is 20.2. The summed E-state index contributed by atoms with van der Waals surface area (Å²) >= 11 is 0. The predicted octanol–water partition coefficient (Wildman–Crippen LogP) is 10.9. The van der Waals surface area contributed by atoms with Gasteiger partial charge in [0.1, 0.15) is 24.4 Å². The molecule has 388 valence electrons. The number of carboxylic acid groups (broad SMARTS) is 1. The van der Waals surface area contributed by atoms with Crippen molar-refractivity contribution in [1.29, 1.82) is 0 Å². The van der Waals surface area contributed by atoms with Crippen molar-refractivity contribution in [3.63, 3.8) is 0 Å². The van der Waals surface area contributed by atoms with Gasteiger partial charge in [-0.05, 0) is 129 Å². The van der Waals surface area contributed by atoms with Crippen LogP contribution in [0.3, 0.4) is 0 Å². The van der Waals surface area contributed by atoms with Crippen LogP contribution in [0.25, 0.3) is 0 Å². The number of carbonyl (C=O) groups is 4. The molecule has 2 saturated heterocycles. The molecular formula is C56H78N4O11. The fraction of sp³-hybridized carbons (Fsp3) is 0.500. The molecule has 2 aliphatic heterocycles. The molecule has 71 heavy (non-hydrogen) atoms. The predicted molar refractivity (Wildman–Crippen MR) is 276 cm³/mol. The van der Waals surface area contributed by atoms with E-state index in [2.05, 4.69) is 19.2 Å². The highest BCUT2D eigenvalue weighted by Gasteiger charge is 2.35. The van der Waals surface area contributed by atoms with Crippen LogP contribution in [-0.2, 0) is 22.7 Å². The highest BCUT2D eigenvalue weighted by atomic mass is 16.6. The number of hydrogen-bond donors (Lipinski definition) is 2. The number of rotatable bonds is 14. The molecule has 4 aromatic carbocycles. The van der Waals surface area contributed by atoms with Crippen molar-refractivity contribution >= 4 is 24.1 Å². The molecule has 0 radical (unpaired) electrons. The van der Waals surface area contributed by atoms with Crippen LogP contribution in [0.4, 0.5) is 9.59 Å². The van der Waals surface area contributed by atoms with E-state index in [0.29, 0.717) is 66.9 Å². The van der Waals surface area contributed by atoms with Gasteiger partial charge in [-0.1, -0.05) is 74.5 Å². The first kappa shape index (κ1) is 57.1. The highest BCUT2D eigenvalue weighted by molar-refractivity contribution is 5.95. The summed E-state index contributed by atoms with van der Waals surface area (Å²) in [5.74, 6) is 0.940. The van der Waals surface area contributed by atoms with Gasteiger partial charge in [0.2, 0.25) is 0 Å². The number of methoxy groups -OCH3 is 2. The number of carbonyl (C=O) groups excluding carboxylic acids is 3. The Morgan fingerprint density at radius 3 is 1.52 bits per heavy atom. The fourth-order valence-corrected chi connectivity index (χ4v) is 8.04. The zero-order valence-electron chi connectivity index (χ0n) is 44.0. The van der Waals surface area contributed by atoms with Crippen molar-refractivity contribution in [2.75, 3.05) is 40.4 Å². The van der Waals surface area contributed by atoms with Crippen molar-refractivity contribution in [3.8, 4) is 23.0 Å². The average molecular weight is 983 g/mol. The van der Waals surface area contributed by atoms with Gasteiger partial charge in [-0.3, -0.25) is 4.79 Å². The van der Waals surface area contributed by atoms with Gasteiger partial charge in [-0.25, -0.2) is 14.4 Å². The minimum Gasteiger partial charge on any atom is -0.493 e. The molecule has 3 amide bonds. The summed E-state index contributed by atoms with van der Waals surface area (Å²) in [5.41, 5.74) is 1.76. The maximum atomic E-state index is 13.7. The van der Waals surface area contributed by atoms with E-state index >= 15 is 0 Å². The van der Waals surface area contributed by atoms with Crippen molar-refractivity contribution in [1.82, 2.24) is 20.0 Å². The zero-order valence-corrected chi connectivity index (χ0v) is 44.0. The molecule has 4 aromatic rings. The molecule has 0 saturated carbocycles. The quantitative estimate of drug-likeness (QED) is 0.123. The van der Waals surface area contributed by atoms with E-state index in [1.165, 1.54) is 19.2 Å². The van der Waals surface area contributed by atoms with Gasteiger partial charge in [0.05, 0.1) is 25.8 Å². The molecule has 15 heteroatoms. The van der Waals surface area contributed by atoms with Crippen LogP contribution in [-0.4, -0.2) is 120 Å². The number of hydrogen-bond acceptors (Lipinski definition) is 11. The molecule has 2 fully saturated rings. The zero-order chi connectivity index (χ0) is 52.3. The number of amides is 3. The molecule has 0 spiro atoms. The number of likely N-dealkylation sites (tertiary alicyclic amines) is 2. The van der Waals surface area contributed by atoms with Crippen molar-refractivity contribution in [2.24, 2.45) is 0 Å². The molecule has 0 bridgehead atoms. The third-order valence-electron chi connectivity index (χ3n) is 11.2. The molecular weight excluding hydrogens is 905 g/mol. The van der Waals surface area contributed by atoms with Crippen LogP contribution in [0.2, 0.25) is 0 Å². The molecule has 2 N–H and O–H groups in total. The van der Waals surface area contributed by atoms with Crippen LogP contribution in [0, 0.1) is 0 Å². The van der Waals surface area contributed by atoms with Gasteiger partial charge < -0.3 is 53.5 Å². The Hall–Kier alpha value is -6.48. The minimum atomic E-state index is -0.993. The summed E-state index contributed by atoms with van der Waals surface area (Å²) in [6, 6.07) is 30.0. The largest absolute Gasteiger partial charge is 0.493 e. The lowest BCUT2D eigenvalue weighted by Crippen LogP contribution is -2.54. The smallest absolute Gasteiger partial charge is 0.410 e. The monoisotopic (exact) mass is 983 g/mol. The lowest BCUT2D eigenvalue weighted by atomic mass is 10.0. The first-order valence-corrected chi connectivity index (χ1v) is 24.5. The van der Waals surface area contributed by atoms with Gasteiger partial charge in [-0.2, -0.15) is 0 Å². The van der Waals surface area contributed by atoms with Gasteiger partial charge in [-0.15, -0.1) is 0 Å². The first-order chi connectivity index (χ1) is 33.6. The lowest BCUT2D eigenvalue weighted by molar-refractivity contribution is 0.00749. The Kier molecular flexibility index (Phi) is 21.9. The maximum Gasteiger partial charge on any atom is 0.410 e. The number of aromatic carboxylic acids is 1. The molecule has 6 rings (SSSR count). The van der Waals surface area contributed by atoms with E-state index in [4.69, 9.17) is 33.5 Å². The Bertz CT molecular complexity index is 2290. The fourth-order valence-electron chi connectivity index (χ4n) is 8.04. The summed E-state index contributed by atoms with van der Waals surface area (Å²) in [6.07, 6.45) is 3.30. The molecule has 2 heterocycles. The van der Waals surface area contributed by atoms with Gasteiger partial charge >= 0.3 is 18.2 Å². The van der Waals surface area contributed by atoms with Crippen LogP contribution in [0.5, 0.6) is 23.0 Å². The second kappa shape index (κ2) is 27.2. The maximum absolute atomic E-state index is 13.7. The summed E-state index contributed by atoms with van der Waals surface area (Å²) in [4.78, 5) is 54.6. The number of ether oxygens (including phenoxy) is 6. The number of nitrogens with zero attached hydrogens (tertiary/aromatic N) is 3. The molecule has 0 unspecified atom stereocenters. The van der Waals surface area contributed by atoms with Crippen LogP contribution in [0.15, 0.2) is 97.1 Å². The Morgan fingerprint density at radius 1 is 0.634 bits per heavy atom. The van der Waals surface area contributed by atoms with E-state index in [-0.39, 0.29) is 35.7 Å². The van der Waals surface area contributed by atoms with Crippen molar-refractivity contribution < 1.29 is 52.7 Å². The summed E-state index contributed by atoms with van der Waals surface area (Å²) in [5, 5.41) is 12.4. The molecule has 0 aromatic heterocycles. The van der Waals surface area contributed by atoms with E-state index in [1.54, 1.807) is 36.3 Å². The Labute approximate surface area is 421 Å². The number of benzene rings is 4. The summed E-state index contributed by atoms with van der Waals surface area (Å²) in [6.45, 7) is 22.9. The topological polar surface area (TPSA) is 166 Å². The van der Waals surface area contributed by atoms with E-state index in [0.717, 1.165) is 49.9 Å². The normalized spacial score (nSPS) is 15.8. The van der Waals surface area contributed by atoms with Gasteiger partial charge in [0, 0.05) is 49.9 Å². The van der Waals surface area contributed by atoms with Crippen molar-refractivity contribution in [3.05, 3.63) is 119 Å².